The second-order valence-corrected chi connectivity index (χ2v) is 3.05. The Morgan fingerprint density at radius 2 is 2.40 bits per heavy atom. The molecular formula is C6H7NO2S. The number of rotatable bonds is 1. The van der Waals surface area contributed by atoms with Crippen LogP contribution in [0.2, 0.25) is 0 Å². The van der Waals surface area contributed by atoms with Crippen LogP contribution in [0.1, 0.15) is 15.2 Å². The zero-order valence-electron chi connectivity index (χ0n) is 5.42. The minimum atomic E-state index is -0.912. The molecule has 10 heavy (non-hydrogen) atoms. The molecule has 1 rings (SSSR count). The molecule has 3 N–H and O–H groups in total. The SMILES string of the molecule is Cc1cc(C(=O)O)sc1N. The molecular weight excluding hydrogens is 150 g/mol. The molecule has 1 aromatic rings. The first-order chi connectivity index (χ1) is 4.61. The van der Waals surface area contributed by atoms with Crippen LogP contribution < -0.4 is 5.73 Å². The summed E-state index contributed by atoms with van der Waals surface area (Å²) in [6.45, 7) is 1.79. The van der Waals surface area contributed by atoms with E-state index < -0.39 is 5.97 Å². The summed E-state index contributed by atoms with van der Waals surface area (Å²) in [5.41, 5.74) is 6.27. The Balaban J connectivity index is 3.10. The average Bonchev–Trinajstić information content (AvgIpc) is 2.13. The highest BCUT2D eigenvalue weighted by Crippen LogP contribution is 2.23. The number of thiophene rings is 1. The van der Waals surface area contributed by atoms with Gasteiger partial charge in [0.1, 0.15) is 4.88 Å². The maximum absolute atomic E-state index is 10.3. The number of aromatic carboxylic acids is 1. The third-order valence-electron chi connectivity index (χ3n) is 1.17. The van der Waals surface area contributed by atoms with E-state index in [0.29, 0.717) is 9.88 Å². The second-order valence-electron chi connectivity index (χ2n) is 1.96. The lowest BCUT2D eigenvalue weighted by molar-refractivity contribution is 0.0702. The van der Waals surface area contributed by atoms with Gasteiger partial charge in [0.25, 0.3) is 0 Å². The standard InChI is InChI=1S/C6H7NO2S/c1-3-2-4(6(8)9)10-5(3)7/h2H,7H2,1H3,(H,8,9). The summed E-state index contributed by atoms with van der Waals surface area (Å²) in [4.78, 5) is 10.6. The van der Waals surface area contributed by atoms with E-state index in [1.165, 1.54) is 0 Å². The van der Waals surface area contributed by atoms with Gasteiger partial charge in [-0.3, -0.25) is 0 Å². The number of hydrogen-bond donors (Lipinski definition) is 2. The van der Waals surface area contributed by atoms with Gasteiger partial charge < -0.3 is 10.8 Å². The van der Waals surface area contributed by atoms with Crippen molar-refractivity contribution >= 4 is 22.3 Å². The van der Waals surface area contributed by atoms with Crippen molar-refractivity contribution in [3.05, 3.63) is 16.5 Å². The molecule has 1 aromatic heterocycles. The van der Waals surface area contributed by atoms with Crippen molar-refractivity contribution in [2.45, 2.75) is 6.92 Å². The first-order valence-electron chi connectivity index (χ1n) is 2.70. The second kappa shape index (κ2) is 2.30. The van der Waals surface area contributed by atoms with Crippen molar-refractivity contribution in [2.75, 3.05) is 5.73 Å². The molecule has 0 atom stereocenters. The summed E-state index contributed by atoms with van der Waals surface area (Å²) in [6, 6.07) is 1.57. The maximum atomic E-state index is 10.3. The fraction of sp³-hybridized carbons (Fsp3) is 0.167. The van der Waals surface area contributed by atoms with Crippen molar-refractivity contribution in [3.8, 4) is 0 Å². The number of nitrogen functional groups attached to an aromatic ring is 1. The number of nitrogens with two attached hydrogens (primary N) is 1. The molecule has 0 spiro atoms. The Kier molecular flexibility index (Phi) is 1.63. The van der Waals surface area contributed by atoms with Crippen LogP contribution in [0.15, 0.2) is 6.07 Å². The van der Waals surface area contributed by atoms with Crippen LogP contribution in [-0.4, -0.2) is 11.1 Å². The lowest BCUT2D eigenvalue weighted by atomic mass is 10.3. The molecule has 0 amide bonds. The molecule has 0 aliphatic carbocycles. The third-order valence-corrected chi connectivity index (χ3v) is 2.22. The summed E-state index contributed by atoms with van der Waals surface area (Å²) in [5.74, 6) is -0.912. The zero-order chi connectivity index (χ0) is 7.72. The van der Waals surface area contributed by atoms with Gasteiger partial charge in [-0.15, -0.1) is 11.3 Å². The molecule has 0 bridgehead atoms. The largest absolute Gasteiger partial charge is 0.477 e. The molecule has 3 nitrogen and oxygen atoms in total. The van der Waals surface area contributed by atoms with Gasteiger partial charge in [0.15, 0.2) is 0 Å². The van der Waals surface area contributed by atoms with Gasteiger partial charge in [0.2, 0.25) is 0 Å². The highest BCUT2D eigenvalue weighted by Gasteiger charge is 2.07. The predicted molar refractivity (Wildman–Crippen MR) is 40.4 cm³/mol. The summed E-state index contributed by atoms with van der Waals surface area (Å²) in [5, 5.41) is 9.06. The Labute approximate surface area is 62.1 Å². The molecule has 0 aliphatic heterocycles. The Hall–Kier alpha value is -1.03. The van der Waals surface area contributed by atoms with E-state index in [1.54, 1.807) is 13.0 Å². The fourth-order valence-electron chi connectivity index (χ4n) is 0.602. The van der Waals surface area contributed by atoms with E-state index in [2.05, 4.69) is 0 Å². The highest BCUT2D eigenvalue weighted by atomic mass is 32.1. The lowest BCUT2D eigenvalue weighted by Gasteiger charge is -1.81. The summed E-state index contributed by atoms with van der Waals surface area (Å²) >= 11 is 1.10. The topological polar surface area (TPSA) is 63.3 Å². The molecule has 0 aromatic carbocycles. The van der Waals surface area contributed by atoms with E-state index in [4.69, 9.17) is 10.8 Å². The third kappa shape index (κ3) is 1.11. The predicted octanol–water partition coefficient (Wildman–Crippen LogP) is 1.34. The van der Waals surface area contributed by atoms with E-state index in [1.807, 2.05) is 0 Å². The van der Waals surface area contributed by atoms with E-state index in [-0.39, 0.29) is 0 Å². The monoisotopic (exact) mass is 157 g/mol. The van der Waals surface area contributed by atoms with E-state index in [9.17, 15) is 4.79 Å². The Morgan fingerprint density at radius 1 is 1.80 bits per heavy atom. The maximum Gasteiger partial charge on any atom is 0.345 e. The van der Waals surface area contributed by atoms with Crippen molar-refractivity contribution < 1.29 is 9.90 Å². The van der Waals surface area contributed by atoms with Gasteiger partial charge in [0, 0.05) is 0 Å². The molecule has 0 aliphatic rings. The van der Waals surface area contributed by atoms with Crippen molar-refractivity contribution in [2.24, 2.45) is 0 Å². The van der Waals surface area contributed by atoms with Gasteiger partial charge in [-0.25, -0.2) is 4.79 Å². The normalized spacial score (nSPS) is 9.70. The molecule has 54 valence electrons. The molecule has 4 heteroatoms. The molecule has 0 saturated heterocycles. The number of carboxylic acids is 1. The first kappa shape index (κ1) is 7.08. The number of anilines is 1. The smallest absolute Gasteiger partial charge is 0.345 e. The lowest BCUT2D eigenvalue weighted by Crippen LogP contribution is -1.89. The van der Waals surface area contributed by atoms with Crippen LogP contribution in [0.4, 0.5) is 5.00 Å². The van der Waals surface area contributed by atoms with Crippen LogP contribution in [0.25, 0.3) is 0 Å². The number of carboxylic acid groups (broad SMARTS) is 1. The first-order valence-corrected chi connectivity index (χ1v) is 3.52. The van der Waals surface area contributed by atoms with Gasteiger partial charge >= 0.3 is 5.97 Å². The van der Waals surface area contributed by atoms with Crippen molar-refractivity contribution in [1.29, 1.82) is 0 Å². The summed E-state index contributed by atoms with van der Waals surface area (Å²) in [7, 11) is 0. The number of aryl methyl sites for hydroxylation is 1. The number of hydrogen-bond acceptors (Lipinski definition) is 3. The van der Waals surface area contributed by atoms with Crippen LogP contribution in [0, 0.1) is 6.92 Å². The molecule has 0 fully saturated rings. The molecule has 1 heterocycles. The zero-order valence-corrected chi connectivity index (χ0v) is 6.23. The van der Waals surface area contributed by atoms with Crippen molar-refractivity contribution in [3.63, 3.8) is 0 Å². The highest BCUT2D eigenvalue weighted by molar-refractivity contribution is 7.17. The van der Waals surface area contributed by atoms with Gasteiger partial charge in [-0.2, -0.15) is 0 Å². The minimum Gasteiger partial charge on any atom is -0.477 e. The quantitative estimate of drug-likeness (QED) is 0.646. The van der Waals surface area contributed by atoms with Crippen LogP contribution in [0.5, 0.6) is 0 Å². The van der Waals surface area contributed by atoms with E-state index in [0.717, 1.165) is 16.9 Å². The summed E-state index contributed by atoms with van der Waals surface area (Å²) in [6.07, 6.45) is 0. The minimum absolute atomic E-state index is 0.301. The van der Waals surface area contributed by atoms with Gasteiger partial charge in [0.05, 0.1) is 5.00 Å². The Morgan fingerprint density at radius 3 is 2.60 bits per heavy atom. The average molecular weight is 157 g/mol. The Bertz CT molecular complexity index is 247. The van der Waals surface area contributed by atoms with Crippen LogP contribution in [0.3, 0.4) is 0 Å². The molecule has 0 unspecified atom stereocenters. The van der Waals surface area contributed by atoms with E-state index >= 15 is 0 Å². The molecule has 0 saturated carbocycles. The van der Waals surface area contributed by atoms with Gasteiger partial charge in [-0.05, 0) is 18.6 Å². The fourth-order valence-corrected chi connectivity index (χ4v) is 1.38. The van der Waals surface area contributed by atoms with Crippen LogP contribution in [-0.2, 0) is 0 Å². The van der Waals surface area contributed by atoms with Crippen LogP contribution >= 0.6 is 11.3 Å². The van der Waals surface area contributed by atoms with Crippen molar-refractivity contribution in [1.82, 2.24) is 0 Å². The number of carbonyl (C=O) groups is 1. The summed E-state index contributed by atoms with van der Waals surface area (Å²) < 4.78 is 0. The van der Waals surface area contributed by atoms with Gasteiger partial charge in [-0.1, -0.05) is 0 Å². The molecule has 0 radical (unpaired) electrons.